The summed E-state index contributed by atoms with van der Waals surface area (Å²) in [6.07, 6.45) is 0. The summed E-state index contributed by atoms with van der Waals surface area (Å²) in [7, 11) is -3.63. The van der Waals surface area contributed by atoms with Crippen molar-refractivity contribution in [1.82, 2.24) is 9.21 Å². The van der Waals surface area contributed by atoms with E-state index in [0.29, 0.717) is 29.2 Å². The van der Waals surface area contributed by atoms with Crippen molar-refractivity contribution in [2.24, 2.45) is 0 Å². The number of rotatable bonds is 3. The van der Waals surface area contributed by atoms with E-state index in [-0.39, 0.29) is 23.9 Å². The van der Waals surface area contributed by atoms with E-state index in [9.17, 15) is 13.2 Å². The van der Waals surface area contributed by atoms with E-state index in [1.54, 1.807) is 41.3 Å². The van der Waals surface area contributed by atoms with Gasteiger partial charge in [0.05, 0.1) is 16.5 Å². The lowest BCUT2D eigenvalue weighted by Crippen LogP contribution is -2.50. The Morgan fingerprint density at radius 1 is 1.04 bits per heavy atom. The summed E-state index contributed by atoms with van der Waals surface area (Å²) >= 11 is 5.89. The van der Waals surface area contributed by atoms with Crippen LogP contribution in [0.2, 0.25) is 5.02 Å². The Morgan fingerprint density at radius 3 is 2.27 bits per heavy atom. The van der Waals surface area contributed by atoms with Gasteiger partial charge in [0.15, 0.2) is 0 Å². The smallest absolute Gasteiger partial charge is 0.253 e. The Balaban J connectivity index is 1.68. The molecule has 2 aromatic rings. The number of sulfonamides is 1. The Bertz CT molecular complexity index is 960. The summed E-state index contributed by atoms with van der Waals surface area (Å²) < 4.78 is 26.7. The Labute approximate surface area is 157 Å². The molecular formula is C18H16ClN3O3S. The van der Waals surface area contributed by atoms with Gasteiger partial charge in [-0.3, -0.25) is 4.79 Å². The van der Waals surface area contributed by atoms with Crippen LogP contribution in [0.3, 0.4) is 0 Å². The number of nitriles is 1. The molecule has 0 unspecified atom stereocenters. The largest absolute Gasteiger partial charge is 0.336 e. The van der Waals surface area contributed by atoms with Crippen molar-refractivity contribution in [1.29, 1.82) is 5.26 Å². The molecule has 0 radical (unpaired) electrons. The van der Waals surface area contributed by atoms with Crippen LogP contribution in [0, 0.1) is 11.3 Å². The topological polar surface area (TPSA) is 81.5 Å². The summed E-state index contributed by atoms with van der Waals surface area (Å²) in [5, 5.41) is 9.18. The van der Waals surface area contributed by atoms with Crippen molar-refractivity contribution in [3.63, 3.8) is 0 Å². The molecular weight excluding hydrogens is 374 g/mol. The molecule has 0 saturated carbocycles. The second-order valence-corrected chi connectivity index (χ2v) is 8.22. The molecule has 0 aliphatic carbocycles. The second kappa shape index (κ2) is 7.46. The van der Waals surface area contributed by atoms with Gasteiger partial charge in [-0.15, -0.1) is 0 Å². The van der Waals surface area contributed by atoms with Crippen LogP contribution in [0.5, 0.6) is 0 Å². The van der Waals surface area contributed by atoms with E-state index >= 15 is 0 Å². The molecule has 0 spiro atoms. The van der Waals surface area contributed by atoms with Crippen LogP contribution in [-0.2, 0) is 10.0 Å². The molecule has 0 bridgehead atoms. The fraction of sp³-hybridized carbons (Fsp3) is 0.222. The summed E-state index contributed by atoms with van der Waals surface area (Å²) in [5.41, 5.74) is 0.967. The Kier molecular flexibility index (Phi) is 5.28. The molecule has 2 aromatic carbocycles. The summed E-state index contributed by atoms with van der Waals surface area (Å²) in [6, 6.07) is 14.5. The highest BCUT2D eigenvalue weighted by Crippen LogP contribution is 2.21. The SMILES string of the molecule is N#Cc1ccc(C(=O)N2CCN(S(=O)(=O)c3cccc(Cl)c3)CC2)cc1. The van der Waals surface area contributed by atoms with Crippen molar-refractivity contribution >= 4 is 27.5 Å². The molecule has 3 rings (SSSR count). The van der Waals surface area contributed by atoms with E-state index in [1.807, 2.05) is 6.07 Å². The number of benzene rings is 2. The Morgan fingerprint density at radius 2 is 1.69 bits per heavy atom. The van der Waals surface area contributed by atoms with Gasteiger partial charge in [0.25, 0.3) is 5.91 Å². The minimum atomic E-state index is -3.63. The predicted molar refractivity (Wildman–Crippen MR) is 97.3 cm³/mol. The van der Waals surface area contributed by atoms with Gasteiger partial charge >= 0.3 is 0 Å². The Hall–Kier alpha value is -2.40. The standard InChI is InChI=1S/C18H16ClN3O3S/c19-16-2-1-3-17(12-16)26(24,25)22-10-8-21(9-11-22)18(23)15-6-4-14(13-20)5-7-15/h1-7,12H,8-11H2. The van der Waals surface area contributed by atoms with Crippen LogP contribution in [0.25, 0.3) is 0 Å². The van der Waals surface area contributed by atoms with Crippen LogP contribution in [-0.4, -0.2) is 49.7 Å². The van der Waals surface area contributed by atoms with Gasteiger partial charge in [-0.05, 0) is 42.5 Å². The zero-order valence-electron chi connectivity index (χ0n) is 13.8. The van der Waals surface area contributed by atoms with E-state index in [0.717, 1.165) is 0 Å². The summed E-state index contributed by atoms with van der Waals surface area (Å²) in [6.45, 7) is 1.05. The molecule has 1 amide bonds. The molecule has 26 heavy (non-hydrogen) atoms. The molecule has 0 N–H and O–H groups in total. The second-order valence-electron chi connectivity index (χ2n) is 5.84. The minimum Gasteiger partial charge on any atom is -0.336 e. The summed E-state index contributed by atoms with van der Waals surface area (Å²) in [4.78, 5) is 14.3. The minimum absolute atomic E-state index is 0.150. The van der Waals surface area contributed by atoms with Crippen molar-refractivity contribution in [2.75, 3.05) is 26.2 Å². The highest BCUT2D eigenvalue weighted by molar-refractivity contribution is 7.89. The number of nitrogens with zero attached hydrogens (tertiary/aromatic N) is 3. The fourth-order valence-electron chi connectivity index (χ4n) is 2.78. The maximum absolute atomic E-state index is 12.7. The number of hydrogen-bond acceptors (Lipinski definition) is 4. The van der Waals surface area contributed by atoms with Crippen LogP contribution >= 0.6 is 11.6 Å². The molecule has 1 aliphatic heterocycles. The third-order valence-corrected chi connectivity index (χ3v) is 6.35. The number of piperazine rings is 1. The lowest BCUT2D eigenvalue weighted by atomic mass is 10.1. The van der Waals surface area contributed by atoms with Gasteiger partial charge in [-0.25, -0.2) is 8.42 Å². The number of carbonyl (C=O) groups is 1. The van der Waals surface area contributed by atoms with E-state index in [4.69, 9.17) is 16.9 Å². The van der Waals surface area contributed by atoms with Crippen molar-refractivity contribution in [2.45, 2.75) is 4.90 Å². The maximum Gasteiger partial charge on any atom is 0.253 e. The van der Waals surface area contributed by atoms with Crippen LogP contribution in [0.4, 0.5) is 0 Å². The lowest BCUT2D eigenvalue weighted by Gasteiger charge is -2.34. The van der Waals surface area contributed by atoms with E-state index in [1.165, 1.54) is 16.4 Å². The highest BCUT2D eigenvalue weighted by Gasteiger charge is 2.30. The van der Waals surface area contributed by atoms with Crippen LogP contribution in [0.1, 0.15) is 15.9 Å². The van der Waals surface area contributed by atoms with Crippen molar-refractivity contribution in [3.05, 3.63) is 64.7 Å². The van der Waals surface area contributed by atoms with Gasteiger partial charge in [0, 0.05) is 36.8 Å². The first-order valence-corrected chi connectivity index (χ1v) is 9.79. The molecule has 1 heterocycles. The average Bonchev–Trinajstić information content (AvgIpc) is 2.67. The molecule has 0 atom stereocenters. The number of carbonyl (C=O) groups excluding carboxylic acids is 1. The molecule has 0 aromatic heterocycles. The molecule has 8 heteroatoms. The van der Waals surface area contributed by atoms with Crippen molar-refractivity contribution < 1.29 is 13.2 Å². The number of halogens is 1. The van der Waals surface area contributed by atoms with Crippen LogP contribution < -0.4 is 0 Å². The molecule has 1 saturated heterocycles. The zero-order valence-corrected chi connectivity index (χ0v) is 15.4. The third kappa shape index (κ3) is 3.73. The van der Waals surface area contributed by atoms with Crippen molar-refractivity contribution in [3.8, 4) is 6.07 Å². The number of hydrogen-bond donors (Lipinski definition) is 0. The molecule has 1 fully saturated rings. The number of amides is 1. The zero-order chi connectivity index (χ0) is 18.7. The average molecular weight is 390 g/mol. The third-order valence-electron chi connectivity index (χ3n) is 4.22. The molecule has 134 valence electrons. The highest BCUT2D eigenvalue weighted by atomic mass is 35.5. The fourth-order valence-corrected chi connectivity index (χ4v) is 4.50. The van der Waals surface area contributed by atoms with Gasteiger partial charge in [-0.1, -0.05) is 17.7 Å². The van der Waals surface area contributed by atoms with Gasteiger partial charge in [0.1, 0.15) is 0 Å². The van der Waals surface area contributed by atoms with Gasteiger partial charge < -0.3 is 4.90 Å². The van der Waals surface area contributed by atoms with Gasteiger partial charge in [-0.2, -0.15) is 9.57 Å². The predicted octanol–water partition coefficient (Wildman–Crippen LogP) is 2.36. The van der Waals surface area contributed by atoms with Crippen LogP contribution in [0.15, 0.2) is 53.4 Å². The first kappa shape index (κ1) is 18.4. The molecule has 1 aliphatic rings. The normalized spacial score (nSPS) is 15.5. The summed E-state index contributed by atoms with van der Waals surface area (Å²) in [5.74, 6) is -0.172. The quantitative estimate of drug-likeness (QED) is 0.806. The maximum atomic E-state index is 12.7. The first-order valence-electron chi connectivity index (χ1n) is 7.97. The molecule has 6 nitrogen and oxygen atoms in total. The van der Waals surface area contributed by atoms with E-state index < -0.39 is 10.0 Å². The lowest BCUT2D eigenvalue weighted by molar-refractivity contribution is 0.0698. The van der Waals surface area contributed by atoms with E-state index in [2.05, 4.69) is 0 Å². The monoisotopic (exact) mass is 389 g/mol. The first-order chi connectivity index (χ1) is 12.4. The van der Waals surface area contributed by atoms with Gasteiger partial charge in [0.2, 0.25) is 10.0 Å².